The van der Waals surface area contributed by atoms with E-state index in [0.29, 0.717) is 11.3 Å². The van der Waals surface area contributed by atoms with Crippen molar-refractivity contribution in [1.82, 2.24) is 25.4 Å². The molecule has 112 valence electrons. The molecule has 0 spiro atoms. The van der Waals surface area contributed by atoms with E-state index >= 15 is 0 Å². The average molecular weight is 296 g/mol. The van der Waals surface area contributed by atoms with Crippen molar-refractivity contribution < 1.29 is 0 Å². The zero-order chi connectivity index (χ0) is 14.6. The first-order valence-electron chi connectivity index (χ1n) is 6.97. The Morgan fingerprint density at radius 2 is 2.25 bits per heavy atom. The lowest BCUT2D eigenvalue weighted by molar-refractivity contribution is 0.583. The lowest BCUT2D eigenvalue weighted by Crippen LogP contribution is -2.43. The number of rotatable bonds is 4. The van der Waals surface area contributed by atoms with Crippen LogP contribution in [0.2, 0.25) is 0 Å². The fraction of sp³-hybridized carbons (Fsp3) is 0.769. The molecule has 1 saturated heterocycles. The van der Waals surface area contributed by atoms with Crippen molar-refractivity contribution in [2.24, 2.45) is 12.0 Å². The summed E-state index contributed by atoms with van der Waals surface area (Å²) in [5.74, 6) is 3.91. The van der Waals surface area contributed by atoms with Gasteiger partial charge in [-0.2, -0.15) is 11.8 Å². The summed E-state index contributed by atoms with van der Waals surface area (Å²) in [5, 5.41) is 14.9. The lowest BCUT2D eigenvalue weighted by Gasteiger charge is -2.24. The van der Waals surface area contributed by atoms with Crippen LogP contribution in [-0.4, -0.2) is 44.8 Å². The fourth-order valence-electron chi connectivity index (χ4n) is 2.24. The molecule has 2 rings (SSSR count). The van der Waals surface area contributed by atoms with E-state index < -0.39 is 0 Å². The van der Waals surface area contributed by atoms with Crippen molar-refractivity contribution in [1.29, 1.82) is 0 Å². The molecule has 0 bridgehead atoms. The summed E-state index contributed by atoms with van der Waals surface area (Å²) in [6, 6.07) is 0. The predicted molar refractivity (Wildman–Crippen MR) is 84.0 cm³/mol. The molecule has 7 heteroatoms. The first kappa shape index (κ1) is 15.2. The van der Waals surface area contributed by atoms with Crippen molar-refractivity contribution in [3.63, 3.8) is 0 Å². The van der Waals surface area contributed by atoms with E-state index in [1.54, 1.807) is 7.05 Å². The van der Waals surface area contributed by atoms with E-state index in [-0.39, 0.29) is 0 Å². The Hall–Kier alpha value is -1.24. The lowest BCUT2D eigenvalue weighted by atomic mass is 10.1. The normalized spacial score (nSPS) is 23.1. The van der Waals surface area contributed by atoms with Gasteiger partial charge in [0.05, 0.1) is 6.54 Å². The third kappa shape index (κ3) is 3.65. The number of nitrogens with zero attached hydrogens (tertiary/aromatic N) is 4. The van der Waals surface area contributed by atoms with E-state index in [0.717, 1.165) is 24.2 Å². The standard InChI is InChI=1S/C13H24N6S/c1-10-17-18-11(19(10)4)8-15-12(14-3)16-9-13(2)6-5-7-20-13/h5-9H2,1-4H3,(H2,14,15,16). The van der Waals surface area contributed by atoms with E-state index in [1.807, 2.05) is 30.3 Å². The minimum absolute atomic E-state index is 0.332. The highest BCUT2D eigenvalue weighted by atomic mass is 32.2. The summed E-state index contributed by atoms with van der Waals surface area (Å²) < 4.78 is 2.31. The van der Waals surface area contributed by atoms with Gasteiger partial charge in [-0.1, -0.05) is 0 Å². The summed E-state index contributed by atoms with van der Waals surface area (Å²) in [5.41, 5.74) is 0. The smallest absolute Gasteiger partial charge is 0.191 e. The van der Waals surface area contributed by atoms with Crippen LogP contribution < -0.4 is 10.6 Å². The molecule has 1 aliphatic heterocycles. The van der Waals surface area contributed by atoms with Crippen LogP contribution in [0.5, 0.6) is 0 Å². The molecule has 1 fully saturated rings. The van der Waals surface area contributed by atoms with Crippen LogP contribution in [-0.2, 0) is 13.6 Å². The van der Waals surface area contributed by atoms with Crippen molar-refractivity contribution in [2.45, 2.75) is 38.0 Å². The van der Waals surface area contributed by atoms with Gasteiger partial charge in [0.25, 0.3) is 0 Å². The molecule has 0 amide bonds. The minimum Gasteiger partial charge on any atom is -0.355 e. The zero-order valence-electron chi connectivity index (χ0n) is 12.7. The Bertz CT molecular complexity index is 475. The summed E-state index contributed by atoms with van der Waals surface area (Å²) >= 11 is 2.05. The van der Waals surface area contributed by atoms with Gasteiger partial charge < -0.3 is 15.2 Å². The number of nitrogens with one attached hydrogen (secondary N) is 2. The van der Waals surface area contributed by atoms with Gasteiger partial charge in [-0.15, -0.1) is 10.2 Å². The quantitative estimate of drug-likeness (QED) is 0.643. The molecular weight excluding hydrogens is 272 g/mol. The first-order chi connectivity index (χ1) is 9.54. The summed E-state index contributed by atoms with van der Waals surface area (Å²) in [6.07, 6.45) is 2.58. The summed E-state index contributed by atoms with van der Waals surface area (Å²) in [7, 11) is 3.76. The maximum atomic E-state index is 4.26. The molecule has 1 atom stereocenters. The molecule has 1 aromatic rings. The number of aromatic nitrogens is 3. The van der Waals surface area contributed by atoms with Crippen molar-refractivity contribution in [2.75, 3.05) is 19.3 Å². The largest absolute Gasteiger partial charge is 0.355 e. The van der Waals surface area contributed by atoms with E-state index in [2.05, 4.69) is 32.7 Å². The van der Waals surface area contributed by atoms with Gasteiger partial charge in [-0.05, 0) is 32.4 Å². The van der Waals surface area contributed by atoms with Gasteiger partial charge in [0, 0.05) is 25.4 Å². The number of hydrogen-bond donors (Lipinski definition) is 2. The molecule has 20 heavy (non-hydrogen) atoms. The second kappa shape index (κ2) is 6.47. The molecule has 0 aliphatic carbocycles. The average Bonchev–Trinajstić information content (AvgIpc) is 3.00. The number of guanidine groups is 1. The Labute approximate surface area is 124 Å². The van der Waals surface area contributed by atoms with Crippen molar-refractivity contribution in [3.8, 4) is 0 Å². The third-order valence-electron chi connectivity index (χ3n) is 3.75. The first-order valence-corrected chi connectivity index (χ1v) is 7.96. The van der Waals surface area contributed by atoms with Crippen molar-refractivity contribution in [3.05, 3.63) is 11.6 Å². The van der Waals surface area contributed by atoms with Gasteiger partial charge in [-0.3, -0.25) is 4.99 Å². The topological polar surface area (TPSA) is 67.1 Å². The van der Waals surface area contributed by atoms with Crippen LogP contribution in [0.4, 0.5) is 0 Å². The van der Waals surface area contributed by atoms with Crippen LogP contribution >= 0.6 is 11.8 Å². The monoisotopic (exact) mass is 296 g/mol. The molecular formula is C13H24N6S. The van der Waals surface area contributed by atoms with E-state index in [4.69, 9.17) is 0 Å². The fourth-order valence-corrected chi connectivity index (χ4v) is 3.48. The van der Waals surface area contributed by atoms with Crippen LogP contribution in [0.3, 0.4) is 0 Å². The van der Waals surface area contributed by atoms with E-state index in [1.165, 1.54) is 18.6 Å². The minimum atomic E-state index is 0.332. The van der Waals surface area contributed by atoms with Crippen LogP contribution in [0.15, 0.2) is 4.99 Å². The Balaban J connectivity index is 1.82. The Kier molecular flexibility index (Phi) is 4.91. The second-order valence-electron chi connectivity index (χ2n) is 5.40. The van der Waals surface area contributed by atoms with Crippen LogP contribution in [0, 0.1) is 6.92 Å². The van der Waals surface area contributed by atoms with Crippen LogP contribution in [0.25, 0.3) is 0 Å². The summed E-state index contributed by atoms with van der Waals surface area (Å²) in [4.78, 5) is 4.26. The predicted octanol–water partition coefficient (Wildman–Crippen LogP) is 1.07. The number of aliphatic imine (C=N–C) groups is 1. The van der Waals surface area contributed by atoms with Gasteiger partial charge in [0.1, 0.15) is 5.82 Å². The molecule has 6 nitrogen and oxygen atoms in total. The highest BCUT2D eigenvalue weighted by Crippen LogP contribution is 2.36. The molecule has 2 heterocycles. The number of aryl methyl sites for hydroxylation is 1. The highest BCUT2D eigenvalue weighted by molar-refractivity contribution is 8.00. The molecule has 2 N–H and O–H groups in total. The molecule has 1 unspecified atom stereocenters. The van der Waals surface area contributed by atoms with Gasteiger partial charge in [-0.25, -0.2) is 0 Å². The maximum Gasteiger partial charge on any atom is 0.191 e. The van der Waals surface area contributed by atoms with Gasteiger partial charge in [0.2, 0.25) is 0 Å². The van der Waals surface area contributed by atoms with Crippen LogP contribution in [0.1, 0.15) is 31.4 Å². The van der Waals surface area contributed by atoms with Gasteiger partial charge >= 0.3 is 0 Å². The molecule has 1 aliphatic rings. The van der Waals surface area contributed by atoms with Gasteiger partial charge in [0.15, 0.2) is 11.8 Å². The molecule has 1 aromatic heterocycles. The number of thioether (sulfide) groups is 1. The maximum absolute atomic E-state index is 4.26. The molecule has 0 saturated carbocycles. The Morgan fingerprint density at radius 3 is 2.80 bits per heavy atom. The zero-order valence-corrected chi connectivity index (χ0v) is 13.5. The molecule has 0 radical (unpaired) electrons. The molecule has 0 aromatic carbocycles. The number of hydrogen-bond acceptors (Lipinski definition) is 4. The van der Waals surface area contributed by atoms with Crippen molar-refractivity contribution >= 4 is 17.7 Å². The summed E-state index contributed by atoms with van der Waals surface area (Å²) in [6.45, 7) is 5.83. The second-order valence-corrected chi connectivity index (χ2v) is 7.09. The van der Waals surface area contributed by atoms with E-state index in [9.17, 15) is 0 Å². The Morgan fingerprint density at radius 1 is 1.45 bits per heavy atom. The third-order valence-corrected chi connectivity index (χ3v) is 5.29. The highest BCUT2D eigenvalue weighted by Gasteiger charge is 2.29. The SMILES string of the molecule is CN=C(NCc1nnc(C)n1C)NCC1(C)CCCS1.